The molecule has 0 rings (SSSR count). The number of hydrogen-bond donors (Lipinski definition) is 2. The van der Waals surface area contributed by atoms with E-state index in [0.29, 0.717) is 12.3 Å². The number of amides is 1. The van der Waals surface area contributed by atoms with Crippen LogP contribution in [0, 0.1) is 16.7 Å². The standard InChI is InChI=1S/C15H32N2O/c1-11(15(5,6)7)10-17-13(18)8-12(16)9-14(2,3)4/h11-12H,8-10,16H2,1-7H3,(H,17,18). The van der Waals surface area contributed by atoms with Crippen LogP contribution in [0.4, 0.5) is 0 Å². The molecule has 0 aliphatic rings. The van der Waals surface area contributed by atoms with Crippen molar-refractivity contribution in [2.45, 2.75) is 67.3 Å². The average molecular weight is 256 g/mol. The van der Waals surface area contributed by atoms with Crippen molar-refractivity contribution >= 4 is 5.91 Å². The van der Waals surface area contributed by atoms with Gasteiger partial charge in [0.1, 0.15) is 0 Å². The maximum atomic E-state index is 11.8. The summed E-state index contributed by atoms with van der Waals surface area (Å²) in [6.45, 7) is 15.9. The molecule has 3 heteroatoms. The van der Waals surface area contributed by atoms with Crippen LogP contribution < -0.4 is 11.1 Å². The largest absolute Gasteiger partial charge is 0.356 e. The number of carbonyl (C=O) groups is 1. The molecule has 2 atom stereocenters. The van der Waals surface area contributed by atoms with Crippen LogP contribution in [0.1, 0.15) is 61.3 Å². The van der Waals surface area contributed by atoms with Gasteiger partial charge < -0.3 is 11.1 Å². The summed E-state index contributed by atoms with van der Waals surface area (Å²) in [5.41, 5.74) is 6.39. The quantitative estimate of drug-likeness (QED) is 0.794. The molecule has 0 aromatic heterocycles. The van der Waals surface area contributed by atoms with Gasteiger partial charge in [0.2, 0.25) is 5.91 Å². The summed E-state index contributed by atoms with van der Waals surface area (Å²) in [5.74, 6) is 0.531. The molecule has 0 saturated heterocycles. The first-order valence-corrected chi connectivity index (χ1v) is 6.94. The van der Waals surface area contributed by atoms with Gasteiger partial charge in [0.05, 0.1) is 0 Å². The second-order valence-electron chi connectivity index (χ2n) is 7.80. The molecule has 3 N–H and O–H groups in total. The van der Waals surface area contributed by atoms with Crippen molar-refractivity contribution in [2.24, 2.45) is 22.5 Å². The fourth-order valence-electron chi connectivity index (χ4n) is 1.74. The molecule has 0 bridgehead atoms. The molecule has 0 heterocycles. The van der Waals surface area contributed by atoms with Gasteiger partial charge in [-0.15, -0.1) is 0 Å². The Morgan fingerprint density at radius 3 is 2.06 bits per heavy atom. The molecule has 3 nitrogen and oxygen atoms in total. The number of nitrogens with two attached hydrogens (primary N) is 1. The summed E-state index contributed by atoms with van der Waals surface area (Å²) < 4.78 is 0. The zero-order valence-electron chi connectivity index (χ0n) is 13.3. The minimum atomic E-state index is -0.0463. The third-order valence-corrected chi connectivity index (χ3v) is 3.41. The Labute approximate surface area is 113 Å². The van der Waals surface area contributed by atoms with E-state index in [9.17, 15) is 4.79 Å². The molecule has 0 fully saturated rings. The van der Waals surface area contributed by atoms with Gasteiger partial charge >= 0.3 is 0 Å². The maximum absolute atomic E-state index is 11.8. The smallest absolute Gasteiger partial charge is 0.221 e. The molecule has 0 aromatic rings. The highest BCUT2D eigenvalue weighted by atomic mass is 16.1. The zero-order valence-corrected chi connectivity index (χ0v) is 13.3. The van der Waals surface area contributed by atoms with Crippen LogP contribution in [-0.2, 0) is 4.79 Å². The van der Waals surface area contributed by atoms with Crippen LogP contribution in [0.2, 0.25) is 0 Å². The highest BCUT2D eigenvalue weighted by Crippen LogP contribution is 2.24. The van der Waals surface area contributed by atoms with E-state index in [0.717, 1.165) is 13.0 Å². The first kappa shape index (κ1) is 17.4. The number of hydrogen-bond acceptors (Lipinski definition) is 2. The molecule has 0 radical (unpaired) electrons. The SMILES string of the molecule is CC(CNC(=O)CC(N)CC(C)(C)C)C(C)(C)C. The summed E-state index contributed by atoms with van der Waals surface area (Å²) in [6.07, 6.45) is 1.30. The minimum absolute atomic E-state index is 0.0463. The van der Waals surface area contributed by atoms with Crippen molar-refractivity contribution in [3.05, 3.63) is 0 Å². The van der Waals surface area contributed by atoms with E-state index in [1.165, 1.54) is 0 Å². The number of rotatable bonds is 5. The van der Waals surface area contributed by atoms with Gasteiger partial charge in [-0.2, -0.15) is 0 Å². The summed E-state index contributed by atoms with van der Waals surface area (Å²) in [7, 11) is 0. The van der Waals surface area contributed by atoms with E-state index in [4.69, 9.17) is 5.73 Å². The molecular formula is C15H32N2O. The van der Waals surface area contributed by atoms with E-state index < -0.39 is 0 Å². The van der Waals surface area contributed by atoms with Gasteiger partial charge in [0.25, 0.3) is 0 Å². The van der Waals surface area contributed by atoms with Crippen LogP contribution in [0.3, 0.4) is 0 Å². The normalized spacial score (nSPS) is 16.2. The Morgan fingerprint density at radius 1 is 1.17 bits per heavy atom. The van der Waals surface area contributed by atoms with Crippen molar-refractivity contribution < 1.29 is 4.79 Å². The Bertz CT molecular complexity index is 261. The van der Waals surface area contributed by atoms with Crippen molar-refractivity contribution in [2.75, 3.05) is 6.54 Å². The van der Waals surface area contributed by atoms with Gasteiger partial charge in [-0.3, -0.25) is 4.79 Å². The second-order valence-corrected chi connectivity index (χ2v) is 7.80. The molecule has 0 aliphatic heterocycles. The predicted octanol–water partition coefficient (Wildman–Crippen LogP) is 2.94. The third-order valence-electron chi connectivity index (χ3n) is 3.41. The zero-order chi connectivity index (χ0) is 14.6. The number of carbonyl (C=O) groups excluding carboxylic acids is 1. The lowest BCUT2D eigenvalue weighted by atomic mass is 9.82. The highest BCUT2D eigenvalue weighted by molar-refractivity contribution is 5.76. The van der Waals surface area contributed by atoms with E-state index >= 15 is 0 Å². The van der Waals surface area contributed by atoms with E-state index in [2.05, 4.69) is 53.8 Å². The molecule has 0 aliphatic carbocycles. The maximum Gasteiger partial charge on any atom is 0.221 e. The lowest BCUT2D eigenvalue weighted by Crippen LogP contribution is -2.37. The first-order chi connectivity index (χ1) is 7.92. The topological polar surface area (TPSA) is 55.1 Å². The van der Waals surface area contributed by atoms with Gasteiger partial charge in [-0.25, -0.2) is 0 Å². The Balaban J connectivity index is 3.99. The highest BCUT2D eigenvalue weighted by Gasteiger charge is 2.21. The summed E-state index contributed by atoms with van der Waals surface area (Å²) in [5, 5.41) is 2.99. The van der Waals surface area contributed by atoms with E-state index in [1.807, 2.05) is 0 Å². The Kier molecular flexibility index (Phi) is 6.35. The van der Waals surface area contributed by atoms with Crippen LogP contribution in [-0.4, -0.2) is 18.5 Å². The summed E-state index contributed by atoms with van der Waals surface area (Å²) in [4.78, 5) is 11.8. The van der Waals surface area contributed by atoms with Gasteiger partial charge in [-0.1, -0.05) is 48.5 Å². The molecule has 18 heavy (non-hydrogen) atoms. The van der Waals surface area contributed by atoms with Crippen LogP contribution >= 0.6 is 0 Å². The van der Waals surface area contributed by atoms with Crippen molar-refractivity contribution in [1.82, 2.24) is 5.32 Å². The van der Waals surface area contributed by atoms with E-state index in [1.54, 1.807) is 0 Å². The molecule has 0 spiro atoms. The van der Waals surface area contributed by atoms with Crippen molar-refractivity contribution in [3.8, 4) is 0 Å². The van der Waals surface area contributed by atoms with Crippen LogP contribution in [0.25, 0.3) is 0 Å². The van der Waals surface area contributed by atoms with Crippen molar-refractivity contribution in [3.63, 3.8) is 0 Å². The predicted molar refractivity (Wildman–Crippen MR) is 78.3 cm³/mol. The Morgan fingerprint density at radius 2 is 1.67 bits per heavy atom. The minimum Gasteiger partial charge on any atom is -0.356 e. The lowest BCUT2D eigenvalue weighted by molar-refractivity contribution is -0.121. The van der Waals surface area contributed by atoms with E-state index in [-0.39, 0.29) is 22.8 Å². The first-order valence-electron chi connectivity index (χ1n) is 6.94. The third kappa shape index (κ3) is 8.51. The molecule has 0 aromatic carbocycles. The molecule has 108 valence electrons. The van der Waals surface area contributed by atoms with Gasteiger partial charge in [-0.05, 0) is 23.2 Å². The Hall–Kier alpha value is -0.570. The average Bonchev–Trinajstić information content (AvgIpc) is 2.08. The van der Waals surface area contributed by atoms with Crippen LogP contribution in [0.5, 0.6) is 0 Å². The summed E-state index contributed by atoms with van der Waals surface area (Å²) in [6, 6.07) is -0.0463. The lowest BCUT2D eigenvalue weighted by Gasteiger charge is -2.28. The fraction of sp³-hybridized carbons (Fsp3) is 0.933. The molecule has 1 amide bonds. The molecule has 2 unspecified atom stereocenters. The van der Waals surface area contributed by atoms with Gasteiger partial charge in [0.15, 0.2) is 0 Å². The number of nitrogens with one attached hydrogen (secondary N) is 1. The molecular weight excluding hydrogens is 224 g/mol. The second kappa shape index (κ2) is 6.55. The fourth-order valence-corrected chi connectivity index (χ4v) is 1.74. The monoisotopic (exact) mass is 256 g/mol. The van der Waals surface area contributed by atoms with Crippen molar-refractivity contribution in [1.29, 1.82) is 0 Å². The van der Waals surface area contributed by atoms with Gasteiger partial charge in [0, 0.05) is 19.0 Å². The molecule has 0 saturated carbocycles. The van der Waals surface area contributed by atoms with Crippen LogP contribution in [0.15, 0.2) is 0 Å². The summed E-state index contributed by atoms with van der Waals surface area (Å²) >= 11 is 0.